The van der Waals surface area contributed by atoms with E-state index in [0.717, 1.165) is 58.7 Å². The lowest BCUT2D eigenvalue weighted by Crippen LogP contribution is -2.47. The average molecular weight is 317 g/mol. The second-order valence-electron chi connectivity index (χ2n) is 6.37. The van der Waals surface area contributed by atoms with Gasteiger partial charge in [0.2, 0.25) is 5.95 Å². The van der Waals surface area contributed by atoms with Crippen molar-refractivity contribution >= 4 is 11.9 Å². The first-order valence-corrected chi connectivity index (χ1v) is 8.87. The van der Waals surface area contributed by atoms with Gasteiger partial charge < -0.3 is 14.7 Å². The monoisotopic (exact) mass is 317 g/mol. The van der Waals surface area contributed by atoms with Gasteiger partial charge in [0, 0.05) is 45.5 Å². The Labute approximate surface area is 138 Å². The number of nitrogens with zero attached hydrogens (tertiary/aromatic N) is 5. The fourth-order valence-corrected chi connectivity index (χ4v) is 3.32. The van der Waals surface area contributed by atoms with E-state index in [4.69, 9.17) is 0 Å². The number of aromatic nitrogens is 2. The predicted molar refractivity (Wildman–Crippen MR) is 90.7 cm³/mol. The van der Waals surface area contributed by atoms with Crippen molar-refractivity contribution in [2.75, 3.05) is 50.7 Å². The maximum atomic E-state index is 12.7. The summed E-state index contributed by atoms with van der Waals surface area (Å²) in [4.78, 5) is 28.2. The maximum Gasteiger partial charge on any atom is 0.272 e. The average Bonchev–Trinajstić information content (AvgIpc) is 2.91. The molecule has 0 saturated carbocycles. The first kappa shape index (κ1) is 16.2. The number of likely N-dealkylation sites (tertiary alicyclic amines) is 1. The van der Waals surface area contributed by atoms with Gasteiger partial charge >= 0.3 is 0 Å². The summed E-state index contributed by atoms with van der Waals surface area (Å²) in [6.07, 6.45) is 6.37. The summed E-state index contributed by atoms with van der Waals surface area (Å²) < 4.78 is 0. The molecule has 0 N–H and O–H groups in total. The Kier molecular flexibility index (Phi) is 5.43. The number of carbonyl (C=O) groups excluding carboxylic acids is 1. The normalized spacial score (nSPS) is 20.4. The van der Waals surface area contributed by atoms with Crippen LogP contribution >= 0.6 is 0 Å². The number of hydrogen-bond donors (Lipinski definition) is 0. The number of likely N-dealkylation sites (N-methyl/N-ethyl adjacent to an activating group) is 1. The maximum absolute atomic E-state index is 12.7. The lowest BCUT2D eigenvalue weighted by Gasteiger charge is -2.34. The molecule has 3 heterocycles. The van der Waals surface area contributed by atoms with Crippen molar-refractivity contribution < 1.29 is 4.79 Å². The first-order chi connectivity index (χ1) is 11.3. The number of hydrogen-bond acceptors (Lipinski definition) is 5. The Bertz CT molecular complexity index is 519. The summed E-state index contributed by atoms with van der Waals surface area (Å²) in [6.45, 7) is 8.90. The van der Waals surface area contributed by atoms with Crippen LogP contribution in [0.4, 0.5) is 5.95 Å². The summed E-state index contributed by atoms with van der Waals surface area (Å²) in [7, 11) is 0. The molecule has 3 rings (SSSR count). The summed E-state index contributed by atoms with van der Waals surface area (Å²) >= 11 is 0. The van der Waals surface area contributed by atoms with E-state index in [9.17, 15) is 4.79 Å². The summed E-state index contributed by atoms with van der Waals surface area (Å²) in [5, 5.41) is 0. The molecule has 6 nitrogen and oxygen atoms in total. The van der Waals surface area contributed by atoms with Crippen LogP contribution in [0.5, 0.6) is 0 Å². The minimum Gasteiger partial charge on any atom is -0.338 e. The largest absolute Gasteiger partial charge is 0.338 e. The number of piperazine rings is 1. The molecule has 0 bridgehead atoms. The van der Waals surface area contributed by atoms with Gasteiger partial charge in [0.25, 0.3) is 5.91 Å². The quantitative estimate of drug-likeness (QED) is 0.848. The highest BCUT2D eigenvalue weighted by atomic mass is 16.2. The number of anilines is 1. The van der Waals surface area contributed by atoms with Crippen molar-refractivity contribution in [3.05, 3.63) is 18.0 Å². The van der Waals surface area contributed by atoms with Gasteiger partial charge in [-0.05, 0) is 25.5 Å². The first-order valence-electron chi connectivity index (χ1n) is 8.87. The van der Waals surface area contributed by atoms with E-state index < -0.39 is 0 Å². The molecule has 0 unspecified atom stereocenters. The van der Waals surface area contributed by atoms with Crippen LogP contribution in [0.2, 0.25) is 0 Å². The minimum atomic E-state index is 0.0581. The van der Waals surface area contributed by atoms with Gasteiger partial charge in [-0.25, -0.2) is 9.97 Å². The summed E-state index contributed by atoms with van der Waals surface area (Å²) in [5.41, 5.74) is 0.537. The molecular weight excluding hydrogens is 290 g/mol. The van der Waals surface area contributed by atoms with E-state index in [-0.39, 0.29) is 5.91 Å². The molecule has 1 amide bonds. The third-order valence-corrected chi connectivity index (χ3v) is 4.86. The van der Waals surface area contributed by atoms with E-state index in [1.807, 2.05) is 4.90 Å². The van der Waals surface area contributed by atoms with Gasteiger partial charge in [0.1, 0.15) is 5.69 Å². The van der Waals surface area contributed by atoms with Gasteiger partial charge in [-0.2, -0.15) is 0 Å². The Morgan fingerprint density at radius 1 is 1.04 bits per heavy atom. The highest BCUT2D eigenvalue weighted by molar-refractivity contribution is 5.92. The van der Waals surface area contributed by atoms with Crippen LogP contribution in [0.15, 0.2) is 12.3 Å². The molecular formula is C17H27N5O. The third kappa shape index (κ3) is 3.99. The van der Waals surface area contributed by atoms with Crippen molar-refractivity contribution in [3.63, 3.8) is 0 Å². The second kappa shape index (κ2) is 7.73. The molecule has 0 aliphatic carbocycles. The van der Waals surface area contributed by atoms with Crippen LogP contribution in [0.3, 0.4) is 0 Å². The smallest absolute Gasteiger partial charge is 0.272 e. The predicted octanol–water partition coefficient (Wildman–Crippen LogP) is 1.63. The fourth-order valence-electron chi connectivity index (χ4n) is 3.32. The van der Waals surface area contributed by atoms with Gasteiger partial charge in [0.15, 0.2) is 0 Å². The van der Waals surface area contributed by atoms with Gasteiger partial charge in [-0.15, -0.1) is 0 Å². The van der Waals surface area contributed by atoms with Gasteiger partial charge in [0.05, 0.1) is 0 Å². The number of rotatable bonds is 3. The van der Waals surface area contributed by atoms with Crippen LogP contribution in [0.25, 0.3) is 0 Å². The second-order valence-corrected chi connectivity index (χ2v) is 6.37. The van der Waals surface area contributed by atoms with Crippen LogP contribution in [0.1, 0.15) is 43.1 Å². The highest BCUT2D eigenvalue weighted by Crippen LogP contribution is 2.15. The van der Waals surface area contributed by atoms with Gasteiger partial charge in [-0.3, -0.25) is 4.79 Å². The van der Waals surface area contributed by atoms with Crippen molar-refractivity contribution in [1.82, 2.24) is 19.8 Å². The zero-order chi connectivity index (χ0) is 16.1. The van der Waals surface area contributed by atoms with Crippen molar-refractivity contribution in [3.8, 4) is 0 Å². The molecule has 126 valence electrons. The van der Waals surface area contributed by atoms with E-state index >= 15 is 0 Å². The Morgan fingerprint density at radius 2 is 1.74 bits per heavy atom. The Hall–Kier alpha value is -1.69. The van der Waals surface area contributed by atoms with Crippen LogP contribution < -0.4 is 4.90 Å². The molecule has 1 aromatic rings. The highest BCUT2D eigenvalue weighted by Gasteiger charge is 2.22. The molecule has 0 radical (unpaired) electrons. The fraction of sp³-hybridized carbons (Fsp3) is 0.706. The van der Waals surface area contributed by atoms with E-state index in [0.29, 0.717) is 11.6 Å². The van der Waals surface area contributed by atoms with E-state index in [1.165, 1.54) is 12.8 Å². The Morgan fingerprint density at radius 3 is 2.39 bits per heavy atom. The molecule has 0 spiro atoms. The van der Waals surface area contributed by atoms with E-state index in [2.05, 4.69) is 26.7 Å². The summed E-state index contributed by atoms with van der Waals surface area (Å²) in [6, 6.07) is 1.75. The van der Waals surface area contributed by atoms with Crippen LogP contribution in [0, 0.1) is 0 Å². The molecule has 1 aromatic heterocycles. The molecule has 0 atom stereocenters. The topological polar surface area (TPSA) is 52.6 Å². The van der Waals surface area contributed by atoms with Gasteiger partial charge in [-0.1, -0.05) is 19.8 Å². The molecule has 2 fully saturated rings. The minimum absolute atomic E-state index is 0.0581. The third-order valence-electron chi connectivity index (χ3n) is 4.86. The molecule has 2 aliphatic rings. The zero-order valence-corrected chi connectivity index (χ0v) is 14.1. The lowest BCUT2D eigenvalue weighted by molar-refractivity contribution is 0.0755. The molecule has 6 heteroatoms. The van der Waals surface area contributed by atoms with Crippen LogP contribution in [-0.4, -0.2) is 71.5 Å². The molecule has 0 aromatic carbocycles. The van der Waals surface area contributed by atoms with Crippen LogP contribution in [-0.2, 0) is 0 Å². The lowest BCUT2D eigenvalue weighted by atomic mass is 10.2. The molecule has 2 saturated heterocycles. The van der Waals surface area contributed by atoms with Crippen molar-refractivity contribution in [2.45, 2.75) is 32.6 Å². The SMILES string of the molecule is CCN1CCN(c2nccc(C(=O)N3CCCCCC3)n2)CC1. The number of carbonyl (C=O) groups is 1. The number of amides is 1. The molecule has 23 heavy (non-hydrogen) atoms. The Balaban J connectivity index is 1.68. The standard InChI is InChI=1S/C17H27N5O/c1-2-20-11-13-22(14-12-20)17-18-8-7-15(19-17)16(23)21-9-5-3-4-6-10-21/h7-8H,2-6,9-14H2,1H3. The van der Waals surface area contributed by atoms with Crippen molar-refractivity contribution in [1.29, 1.82) is 0 Å². The summed E-state index contributed by atoms with van der Waals surface area (Å²) in [5.74, 6) is 0.754. The van der Waals surface area contributed by atoms with E-state index in [1.54, 1.807) is 12.3 Å². The molecule has 2 aliphatic heterocycles. The zero-order valence-electron chi connectivity index (χ0n) is 14.1. The van der Waals surface area contributed by atoms with Crippen molar-refractivity contribution in [2.24, 2.45) is 0 Å².